The highest BCUT2D eigenvalue weighted by Gasteiger charge is 2.09. The maximum absolute atomic E-state index is 12.1. The predicted octanol–water partition coefficient (Wildman–Crippen LogP) is 3.48. The first kappa shape index (κ1) is 19.9. The van der Waals surface area contributed by atoms with Crippen LogP contribution in [0.15, 0.2) is 36.4 Å². The van der Waals surface area contributed by atoms with Crippen LogP contribution in [-0.2, 0) is 11.3 Å². The molecule has 1 amide bonds. The number of benzene rings is 2. The van der Waals surface area contributed by atoms with Crippen LogP contribution >= 0.6 is 11.6 Å². The zero-order chi connectivity index (χ0) is 18.9. The van der Waals surface area contributed by atoms with Gasteiger partial charge in [-0.3, -0.25) is 4.79 Å². The lowest BCUT2D eigenvalue weighted by Crippen LogP contribution is -2.21. The summed E-state index contributed by atoms with van der Waals surface area (Å²) < 4.78 is 15.7. The van der Waals surface area contributed by atoms with E-state index in [2.05, 4.69) is 10.6 Å². The van der Waals surface area contributed by atoms with Crippen molar-refractivity contribution in [3.05, 3.63) is 47.0 Å². The van der Waals surface area contributed by atoms with Crippen molar-refractivity contribution in [2.75, 3.05) is 33.2 Å². The molecule has 2 rings (SSSR count). The summed E-state index contributed by atoms with van der Waals surface area (Å²) >= 11 is 5.96. The summed E-state index contributed by atoms with van der Waals surface area (Å²) in [6.45, 7) is 1.15. The molecule has 26 heavy (non-hydrogen) atoms. The van der Waals surface area contributed by atoms with Crippen molar-refractivity contribution in [2.24, 2.45) is 0 Å². The van der Waals surface area contributed by atoms with E-state index in [9.17, 15) is 4.79 Å². The van der Waals surface area contributed by atoms with Crippen LogP contribution in [0.25, 0.3) is 0 Å². The molecule has 0 heterocycles. The van der Waals surface area contributed by atoms with Gasteiger partial charge in [0.05, 0.1) is 27.0 Å². The third kappa shape index (κ3) is 5.54. The van der Waals surface area contributed by atoms with Gasteiger partial charge in [-0.2, -0.15) is 0 Å². The maximum atomic E-state index is 12.1. The second-order valence-corrected chi connectivity index (χ2v) is 5.95. The van der Waals surface area contributed by atoms with Gasteiger partial charge in [-0.15, -0.1) is 0 Å². The molecular formula is C19H23ClN2O4. The fraction of sp³-hybridized carbons (Fsp3) is 0.316. The second kappa shape index (κ2) is 9.89. The highest BCUT2D eigenvalue weighted by molar-refractivity contribution is 6.31. The Labute approximate surface area is 158 Å². The SMILES string of the molecule is COc1ccc(Cl)cc1NC(=O)CCNCc1ccc(OC)c(OC)c1. The van der Waals surface area contributed by atoms with Gasteiger partial charge in [-0.1, -0.05) is 17.7 Å². The minimum Gasteiger partial charge on any atom is -0.495 e. The zero-order valence-electron chi connectivity index (χ0n) is 15.1. The number of hydrogen-bond donors (Lipinski definition) is 2. The van der Waals surface area contributed by atoms with Crippen molar-refractivity contribution in [1.29, 1.82) is 0 Å². The van der Waals surface area contributed by atoms with Gasteiger partial charge in [0.2, 0.25) is 5.91 Å². The van der Waals surface area contributed by atoms with Crippen LogP contribution in [0, 0.1) is 0 Å². The third-order valence-electron chi connectivity index (χ3n) is 3.74. The normalized spacial score (nSPS) is 10.3. The summed E-state index contributed by atoms with van der Waals surface area (Å²) in [7, 11) is 4.75. The lowest BCUT2D eigenvalue weighted by Gasteiger charge is -2.12. The Morgan fingerprint density at radius 1 is 0.962 bits per heavy atom. The Bertz CT molecular complexity index is 752. The number of rotatable bonds is 9. The minimum atomic E-state index is -0.120. The Morgan fingerprint density at radius 2 is 1.65 bits per heavy atom. The molecule has 0 atom stereocenters. The molecule has 0 aromatic heterocycles. The monoisotopic (exact) mass is 378 g/mol. The molecule has 0 saturated carbocycles. The number of halogens is 1. The molecule has 140 valence electrons. The van der Waals surface area contributed by atoms with Gasteiger partial charge >= 0.3 is 0 Å². The van der Waals surface area contributed by atoms with E-state index in [1.54, 1.807) is 39.5 Å². The number of carbonyl (C=O) groups is 1. The predicted molar refractivity (Wildman–Crippen MR) is 103 cm³/mol. The van der Waals surface area contributed by atoms with E-state index in [0.29, 0.717) is 47.5 Å². The fourth-order valence-corrected chi connectivity index (χ4v) is 2.59. The Balaban J connectivity index is 1.81. The van der Waals surface area contributed by atoms with Crippen molar-refractivity contribution in [2.45, 2.75) is 13.0 Å². The van der Waals surface area contributed by atoms with Crippen LogP contribution in [0.5, 0.6) is 17.2 Å². The van der Waals surface area contributed by atoms with Crippen molar-refractivity contribution in [1.82, 2.24) is 5.32 Å². The second-order valence-electron chi connectivity index (χ2n) is 5.51. The smallest absolute Gasteiger partial charge is 0.225 e. The van der Waals surface area contributed by atoms with Gasteiger partial charge in [0.25, 0.3) is 0 Å². The number of amides is 1. The van der Waals surface area contributed by atoms with Crippen LogP contribution in [0.4, 0.5) is 5.69 Å². The van der Waals surface area contributed by atoms with Crippen LogP contribution in [0.2, 0.25) is 5.02 Å². The highest BCUT2D eigenvalue weighted by Crippen LogP contribution is 2.28. The van der Waals surface area contributed by atoms with Gasteiger partial charge in [-0.05, 0) is 35.9 Å². The molecule has 0 aliphatic rings. The standard InChI is InChI=1S/C19H23ClN2O4/c1-24-16-7-5-14(20)11-15(16)22-19(23)8-9-21-12-13-4-6-17(25-2)18(10-13)26-3/h4-7,10-11,21H,8-9,12H2,1-3H3,(H,22,23). The molecule has 0 fully saturated rings. The minimum absolute atomic E-state index is 0.120. The Morgan fingerprint density at radius 3 is 2.35 bits per heavy atom. The Hall–Kier alpha value is -2.44. The fourth-order valence-electron chi connectivity index (χ4n) is 2.42. The molecule has 6 nitrogen and oxygen atoms in total. The van der Waals surface area contributed by atoms with Crippen LogP contribution in [0.1, 0.15) is 12.0 Å². The number of methoxy groups -OCH3 is 3. The lowest BCUT2D eigenvalue weighted by atomic mass is 10.2. The molecule has 0 unspecified atom stereocenters. The topological polar surface area (TPSA) is 68.8 Å². The van der Waals surface area contributed by atoms with Crippen molar-refractivity contribution in [3.8, 4) is 17.2 Å². The van der Waals surface area contributed by atoms with E-state index in [0.717, 1.165) is 5.56 Å². The summed E-state index contributed by atoms with van der Waals surface area (Å²) in [5.74, 6) is 1.81. The van der Waals surface area contributed by atoms with Crippen molar-refractivity contribution in [3.63, 3.8) is 0 Å². The largest absolute Gasteiger partial charge is 0.495 e. The van der Waals surface area contributed by atoms with Crippen LogP contribution in [-0.4, -0.2) is 33.8 Å². The summed E-state index contributed by atoms with van der Waals surface area (Å²) in [6, 6.07) is 10.8. The van der Waals surface area contributed by atoms with Gasteiger partial charge in [0, 0.05) is 24.5 Å². The summed E-state index contributed by atoms with van der Waals surface area (Å²) in [4.78, 5) is 12.1. The molecule has 0 radical (unpaired) electrons. The van der Waals surface area contributed by atoms with Crippen molar-refractivity contribution >= 4 is 23.2 Å². The third-order valence-corrected chi connectivity index (χ3v) is 3.98. The van der Waals surface area contributed by atoms with Gasteiger partial charge in [0.15, 0.2) is 11.5 Å². The molecule has 7 heteroatoms. The quantitative estimate of drug-likeness (QED) is 0.654. The average Bonchev–Trinajstić information content (AvgIpc) is 2.65. The lowest BCUT2D eigenvalue weighted by molar-refractivity contribution is -0.116. The first-order valence-corrected chi connectivity index (χ1v) is 8.50. The van der Waals surface area contributed by atoms with E-state index in [4.69, 9.17) is 25.8 Å². The van der Waals surface area contributed by atoms with Gasteiger partial charge < -0.3 is 24.8 Å². The van der Waals surface area contributed by atoms with Gasteiger partial charge in [0.1, 0.15) is 5.75 Å². The summed E-state index contributed by atoms with van der Waals surface area (Å²) in [5.41, 5.74) is 1.60. The summed E-state index contributed by atoms with van der Waals surface area (Å²) in [6.07, 6.45) is 0.322. The zero-order valence-corrected chi connectivity index (χ0v) is 15.9. The molecule has 2 N–H and O–H groups in total. The molecular weight excluding hydrogens is 356 g/mol. The molecule has 2 aromatic rings. The molecule has 0 aliphatic heterocycles. The summed E-state index contributed by atoms with van der Waals surface area (Å²) in [5, 5.41) is 6.58. The molecule has 0 bridgehead atoms. The Kier molecular flexibility index (Phi) is 7.56. The average molecular weight is 379 g/mol. The van der Waals surface area contributed by atoms with Crippen LogP contribution in [0.3, 0.4) is 0 Å². The molecule has 0 saturated heterocycles. The first-order valence-electron chi connectivity index (χ1n) is 8.12. The maximum Gasteiger partial charge on any atom is 0.225 e. The van der Waals surface area contributed by atoms with E-state index in [1.165, 1.54) is 0 Å². The number of ether oxygens (including phenoxy) is 3. The van der Waals surface area contributed by atoms with E-state index < -0.39 is 0 Å². The number of hydrogen-bond acceptors (Lipinski definition) is 5. The van der Waals surface area contributed by atoms with Crippen LogP contribution < -0.4 is 24.8 Å². The van der Waals surface area contributed by atoms with Gasteiger partial charge in [-0.25, -0.2) is 0 Å². The van der Waals surface area contributed by atoms with E-state index in [-0.39, 0.29) is 5.91 Å². The van der Waals surface area contributed by atoms with Crippen molar-refractivity contribution < 1.29 is 19.0 Å². The molecule has 0 spiro atoms. The molecule has 0 aliphatic carbocycles. The first-order chi connectivity index (χ1) is 12.6. The number of carbonyl (C=O) groups excluding carboxylic acids is 1. The number of nitrogens with one attached hydrogen (secondary N) is 2. The van der Waals surface area contributed by atoms with E-state index in [1.807, 2.05) is 18.2 Å². The number of anilines is 1. The highest BCUT2D eigenvalue weighted by atomic mass is 35.5. The van der Waals surface area contributed by atoms with E-state index >= 15 is 0 Å². The molecule has 2 aromatic carbocycles.